The van der Waals surface area contributed by atoms with Gasteiger partial charge in [0.1, 0.15) is 10.7 Å². The van der Waals surface area contributed by atoms with Crippen molar-refractivity contribution < 1.29 is 23.4 Å². The Morgan fingerprint density at radius 1 is 1.32 bits per heavy atom. The van der Waals surface area contributed by atoms with Gasteiger partial charge in [-0.2, -0.15) is 0 Å². The Hall–Kier alpha value is -2.85. The number of furan rings is 1. The van der Waals surface area contributed by atoms with Gasteiger partial charge in [-0.1, -0.05) is 11.3 Å². The van der Waals surface area contributed by atoms with E-state index in [-0.39, 0.29) is 11.6 Å². The molecule has 0 fully saturated rings. The molecule has 2 heterocycles. The molecule has 0 spiro atoms. The molecule has 0 saturated carbocycles. The maximum Gasteiger partial charge on any atom is 0.433 e. The first-order chi connectivity index (χ1) is 13.4. The van der Waals surface area contributed by atoms with Gasteiger partial charge in [-0.3, -0.25) is 19.8 Å². The topological polar surface area (TPSA) is 93.9 Å². The van der Waals surface area contributed by atoms with Crippen molar-refractivity contribution in [2.24, 2.45) is 0 Å². The summed E-state index contributed by atoms with van der Waals surface area (Å²) >= 11 is 1.19. The molecule has 3 rings (SSSR count). The number of halogens is 1. The van der Waals surface area contributed by atoms with Gasteiger partial charge in [0.2, 0.25) is 0 Å². The zero-order valence-corrected chi connectivity index (χ0v) is 16.3. The molecule has 0 atom stereocenters. The Kier molecular flexibility index (Phi) is 6.00. The fourth-order valence-electron chi connectivity index (χ4n) is 2.83. The molecule has 28 heavy (non-hydrogen) atoms. The van der Waals surface area contributed by atoms with E-state index in [4.69, 9.17) is 4.42 Å². The number of carbonyl (C=O) groups excluding carboxylic acids is 1. The minimum Gasteiger partial charge on any atom is -0.395 e. The summed E-state index contributed by atoms with van der Waals surface area (Å²) in [7, 11) is 0. The third kappa shape index (κ3) is 4.18. The minimum atomic E-state index is -0.693. The van der Waals surface area contributed by atoms with Gasteiger partial charge in [0.15, 0.2) is 10.9 Å². The van der Waals surface area contributed by atoms with Crippen LogP contribution in [0.4, 0.5) is 15.4 Å². The number of hydrogen-bond donors (Lipinski definition) is 1. The zero-order chi connectivity index (χ0) is 20.3. The second-order valence-corrected chi connectivity index (χ2v) is 7.18. The third-order valence-electron chi connectivity index (χ3n) is 4.49. The highest BCUT2D eigenvalue weighted by molar-refractivity contribution is 7.22. The first-order valence-electron chi connectivity index (χ1n) is 8.88. The second kappa shape index (κ2) is 8.44. The molecule has 0 bridgehead atoms. The number of rotatable bonds is 8. The largest absolute Gasteiger partial charge is 0.433 e. The predicted molar refractivity (Wildman–Crippen MR) is 104 cm³/mol. The van der Waals surface area contributed by atoms with E-state index in [9.17, 15) is 19.3 Å². The van der Waals surface area contributed by atoms with Crippen LogP contribution in [-0.2, 0) is 0 Å². The van der Waals surface area contributed by atoms with Crippen LogP contribution in [0, 0.1) is 15.9 Å². The number of thiazole rings is 1. The van der Waals surface area contributed by atoms with Crippen LogP contribution in [0.1, 0.15) is 24.4 Å². The molecule has 1 aromatic carbocycles. The lowest BCUT2D eigenvalue weighted by atomic mass is 10.3. The average Bonchev–Trinajstić information content (AvgIpc) is 3.31. The quantitative estimate of drug-likeness (QED) is 0.457. The number of fused-ring (bicyclic) bond motifs is 1. The predicted octanol–water partition coefficient (Wildman–Crippen LogP) is 2.51. The zero-order valence-electron chi connectivity index (χ0n) is 15.5. The van der Waals surface area contributed by atoms with E-state index >= 15 is 0 Å². The highest BCUT2D eigenvalue weighted by Gasteiger charge is 2.27. The fourth-order valence-corrected chi connectivity index (χ4v) is 3.85. The first kappa shape index (κ1) is 19.9. The lowest BCUT2D eigenvalue weighted by Gasteiger charge is -2.22. The van der Waals surface area contributed by atoms with Crippen molar-refractivity contribution in [3.8, 4) is 0 Å². The van der Waals surface area contributed by atoms with Crippen molar-refractivity contribution in [3.63, 3.8) is 0 Å². The standard InChI is InChI=1S/C18H19FN4O4S/c1-3-21(4-2)9-10-22(17(24)14-7-8-16(27-14)23(25)26)18-20-13-6-5-12(19)11-15(13)28-18/h5-8,11H,3-4,9-10H2,1-2H3/p+1. The van der Waals surface area contributed by atoms with Gasteiger partial charge in [-0.25, -0.2) is 9.37 Å². The highest BCUT2D eigenvalue weighted by atomic mass is 32.1. The number of amides is 1. The molecule has 0 radical (unpaired) electrons. The van der Waals surface area contributed by atoms with E-state index in [0.717, 1.165) is 19.2 Å². The van der Waals surface area contributed by atoms with Gasteiger partial charge in [0.25, 0.3) is 5.91 Å². The molecule has 8 nitrogen and oxygen atoms in total. The summed E-state index contributed by atoms with van der Waals surface area (Å²) in [5.41, 5.74) is 0.583. The van der Waals surface area contributed by atoms with Crippen molar-refractivity contribution in [2.75, 3.05) is 31.1 Å². The van der Waals surface area contributed by atoms with Gasteiger partial charge in [0.05, 0.1) is 42.5 Å². The average molecular weight is 407 g/mol. The number of nitrogens with zero attached hydrogens (tertiary/aromatic N) is 3. The Morgan fingerprint density at radius 2 is 2.07 bits per heavy atom. The summed E-state index contributed by atoms with van der Waals surface area (Å²) in [6.45, 7) is 6.94. The molecule has 1 N–H and O–H groups in total. The number of benzene rings is 1. The summed E-state index contributed by atoms with van der Waals surface area (Å²) in [6, 6.07) is 6.67. The summed E-state index contributed by atoms with van der Waals surface area (Å²) in [4.78, 5) is 30.3. The van der Waals surface area contributed by atoms with E-state index in [1.807, 2.05) is 0 Å². The smallest absolute Gasteiger partial charge is 0.395 e. The minimum absolute atomic E-state index is 0.133. The second-order valence-electron chi connectivity index (χ2n) is 6.17. The number of hydrogen-bond acceptors (Lipinski definition) is 6. The van der Waals surface area contributed by atoms with Crippen molar-refractivity contribution in [3.05, 3.63) is 52.0 Å². The van der Waals surface area contributed by atoms with Crippen molar-refractivity contribution in [2.45, 2.75) is 13.8 Å². The molecular weight excluding hydrogens is 387 g/mol. The number of anilines is 1. The molecule has 0 aliphatic rings. The SMILES string of the molecule is CC[NH+](CC)CCN(C(=O)c1ccc([N+](=O)[O-])o1)c1nc2ccc(F)cc2s1. The molecule has 148 valence electrons. The van der Waals surface area contributed by atoms with Gasteiger partial charge < -0.3 is 9.32 Å². The Morgan fingerprint density at radius 3 is 2.71 bits per heavy atom. The molecule has 0 saturated heterocycles. The molecule has 10 heteroatoms. The number of nitrogens with one attached hydrogen (secondary N) is 1. The lowest BCUT2D eigenvalue weighted by molar-refractivity contribution is -0.894. The van der Waals surface area contributed by atoms with Crippen molar-refractivity contribution in [1.29, 1.82) is 0 Å². The number of nitro groups is 1. The monoisotopic (exact) mass is 407 g/mol. The van der Waals surface area contributed by atoms with E-state index < -0.39 is 16.7 Å². The van der Waals surface area contributed by atoms with Crippen LogP contribution in [0.25, 0.3) is 10.2 Å². The van der Waals surface area contributed by atoms with Crippen LogP contribution in [0.2, 0.25) is 0 Å². The Bertz CT molecular complexity index is 999. The van der Waals surface area contributed by atoms with E-state index in [0.29, 0.717) is 28.4 Å². The number of quaternary nitrogens is 1. The van der Waals surface area contributed by atoms with Crippen LogP contribution < -0.4 is 9.80 Å². The molecular formula is C18H20FN4O4S+. The van der Waals surface area contributed by atoms with E-state index in [2.05, 4.69) is 18.8 Å². The number of aromatic nitrogens is 1. The van der Waals surface area contributed by atoms with Crippen molar-refractivity contribution >= 4 is 38.5 Å². The fraction of sp³-hybridized carbons (Fsp3) is 0.333. The van der Waals surface area contributed by atoms with Gasteiger partial charge >= 0.3 is 5.88 Å². The van der Waals surface area contributed by atoms with Crippen molar-refractivity contribution in [1.82, 2.24) is 4.98 Å². The van der Waals surface area contributed by atoms with E-state index in [1.165, 1.54) is 39.3 Å². The maximum atomic E-state index is 13.5. The molecule has 2 aromatic heterocycles. The molecule has 3 aromatic rings. The van der Waals surface area contributed by atoms with Crippen LogP contribution in [-0.4, -0.2) is 42.0 Å². The van der Waals surface area contributed by atoms with E-state index in [1.54, 1.807) is 6.07 Å². The first-order valence-corrected chi connectivity index (χ1v) is 9.70. The van der Waals surface area contributed by atoms with Crippen LogP contribution in [0.15, 0.2) is 34.7 Å². The third-order valence-corrected chi connectivity index (χ3v) is 5.53. The van der Waals surface area contributed by atoms with Crippen LogP contribution in [0.3, 0.4) is 0 Å². The molecule has 0 aliphatic heterocycles. The summed E-state index contributed by atoms with van der Waals surface area (Å²) in [5.74, 6) is -1.52. The number of carbonyl (C=O) groups is 1. The van der Waals surface area contributed by atoms with Gasteiger partial charge in [0, 0.05) is 0 Å². The van der Waals surface area contributed by atoms with Crippen LogP contribution in [0.5, 0.6) is 0 Å². The number of likely N-dealkylation sites (N-methyl/N-ethyl adjacent to an activating group) is 1. The van der Waals surface area contributed by atoms with Gasteiger partial charge in [-0.05, 0) is 38.1 Å². The van der Waals surface area contributed by atoms with Gasteiger partial charge in [-0.15, -0.1) is 0 Å². The summed E-state index contributed by atoms with van der Waals surface area (Å²) in [6.07, 6.45) is 0. The summed E-state index contributed by atoms with van der Waals surface area (Å²) < 4.78 is 19.2. The lowest BCUT2D eigenvalue weighted by Crippen LogP contribution is -3.12. The molecule has 0 unspecified atom stereocenters. The maximum absolute atomic E-state index is 13.5. The Labute approximate surface area is 164 Å². The Balaban J connectivity index is 1.94. The molecule has 0 aliphatic carbocycles. The molecule has 1 amide bonds. The summed E-state index contributed by atoms with van der Waals surface area (Å²) in [5, 5.41) is 11.3. The highest BCUT2D eigenvalue weighted by Crippen LogP contribution is 2.30. The normalized spacial score (nSPS) is 11.3. The van der Waals surface area contributed by atoms with Crippen LogP contribution >= 0.6 is 11.3 Å².